The number of nitrogens with zero attached hydrogens (tertiary/aromatic N) is 1. The van der Waals surface area contributed by atoms with Crippen molar-refractivity contribution in [3.8, 4) is 0 Å². The number of rotatable bonds is 4. The zero-order valence-electron chi connectivity index (χ0n) is 12.5. The standard InChI is InChI=1S/C18H15BrN2OS/c1-12-5-2-3-8-16(12)17(22)21-18-20-11-15(23-18)10-13-6-4-7-14(19)9-13/h2-9,11H,10H2,1H3,(H,20,21,22). The van der Waals surface area contributed by atoms with E-state index < -0.39 is 0 Å². The van der Waals surface area contributed by atoms with Crippen molar-refractivity contribution in [1.29, 1.82) is 0 Å². The minimum atomic E-state index is -0.119. The molecule has 0 bridgehead atoms. The molecule has 0 spiro atoms. The van der Waals surface area contributed by atoms with Gasteiger partial charge in [-0.2, -0.15) is 0 Å². The van der Waals surface area contributed by atoms with E-state index in [1.165, 1.54) is 16.9 Å². The van der Waals surface area contributed by atoms with Gasteiger partial charge in [0.1, 0.15) is 0 Å². The lowest BCUT2D eigenvalue weighted by Crippen LogP contribution is -2.12. The number of benzene rings is 2. The number of carbonyl (C=O) groups is 1. The number of thiazole rings is 1. The number of anilines is 1. The van der Waals surface area contributed by atoms with Crippen molar-refractivity contribution in [1.82, 2.24) is 4.98 Å². The Balaban J connectivity index is 1.70. The molecule has 1 N–H and O–H groups in total. The Hall–Kier alpha value is -1.98. The van der Waals surface area contributed by atoms with E-state index in [-0.39, 0.29) is 5.91 Å². The van der Waals surface area contributed by atoms with Crippen LogP contribution in [0.3, 0.4) is 0 Å². The van der Waals surface area contributed by atoms with E-state index in [4.69, 9.17) is 0 Å². The van der Waals surface area contributed by atoms with Crippen LogP contribution in [0.5, 0.6) is 0 Å². The molecule has 0 aliphatic rings. The van der Waals surface area contributed by atoms with Crippen LogP contribution in [0.4, 0.5) is 5.13 Å². The van der Waals surface area contributed by atoms with Crippen molar-refractivity contribution in [2.75, 3.05) is 5.32 Å². The second-order valence-corrected chi connectivity index (χ2v) is 7.24. The molecule has 0 saturated heterocycles. The van der Waals surface area contributed by atoms with Gasteiger partial charge in [-0.05, 0) is 36.2 Å². The highest BCUT2D eigenvalue weighted by Crippen LogP contribution is 2.23. The predicted octanol–water partition coefficient (Wildman–Crippen LogP) is 5.06. The van der Waals surface area contributed by atoms with Gasteiger partial charge in [-0.25, -0.2) is 4.98 Å². The van der Waals surface area contributed by atoms with E-state index in [2.05, 4.69) is 38.4 Å². The second-order valence-electron chi connectivity index (χ2n) is 5.21. The maximum Gasteiger partial charge on any atom is 0.257 e. The molecule has 0 aliphatic heterocycles. The summed E-state index contributed by atoms with van der Waals surface area (Å²) in [7, 11) is 0. The molecule has 3 aromatic rings. The number of aryl methyl sites for hydroxylation is 1. The number of amides is 1. The van der Waals surface area contributed by atoms with E-state index in [9.17, 15) is 4.79 Å². The van der Waals surface area contributed by atoms with Crippen molar-refractivity contribution in [3.05, 3.63) is 80.8 Å². The molecule has 1 aromatic heterocycles. The highest BCUT2D eigenvalue weighted by molar-refractivity contribution is 9.10. The number of nitrogens with one attached hydrogen (secondary N) is 1. The highest BCUT2D eigenvalue weighted by atomic mass is 79.9. The minimum Gasteiger partial charge on any atom is -0.298 e. The first-order chi connectivity index (χ1) is 11.1. The summed E-state index contributed by atoms with van der Waals surface area (Å²) in [5.74, 6) is -0.119. The van der Waals surface area contributed by atoms with Crippen molar-refractivity contribution in [3.63, 3.8) is 0 Å². The van der Waals surface area contributed by atoms with E-state index in [0.717, 1.165) is 21.3 Å². The maximum absolute atomic E-state index is 12.3. The SMILES string of the molecule is Cc1ccccc1C(=O)Nc1ncc(Cc2cccc(Br)c2)s1. The van der Waals surface area contributed by atoms with Crippen molar-refractivity contribution in [2.45, 2.75) is 13.3 Å². The highest BCUT2D eigenvalue weighted by Gasteiger charge is 2.11. The Morgan fingerprint density at radius 3 is 2.83 bits per heavy atom. The van der Waals surface area contributed by atoms with Gasteiger partial charge in [0, 0.05) is 27.5 Å². The van der Waals surface area contributed by atoms with E-state index in [0.29, 0.717) is 10.7 Å². The number of hydrogen-bond donors (Lipinski definition) is 1. The van der Waals surface area contributed by atoms with Crippen LogP contribution in [-0.2, 0) is 6.42 Å². The lowest BCUT2D eigenvalue weighted by molar-refractivity contribution is 0.102. The molecular formula is C18H15BrN2OS. The van der Waals surface area contributed by atoms with Crippen LogP contribution in [0.15, 0.2) is 59.2 Å². The van der Waals surface area contributed by atoms with Gasteiger partial charge in [0.25, 0.3) is 5.91 Å². The zero-order valence-corrected chi connectivity index (χ0v) is 14.9. The average molecular weight is 387 g/mol. The largest absolute Gasteiger partial charge is 0.298 e. The fraction of sp³-hybridized carbons (Fsp3) is 0.111. The fourth-order valence-corrected chi connectivity index (χ4v) is 3.58. The van der Waals surface area contributed by atoms with Crippen LogP contribution in [0.2, 0.25) is 0 Å². The first kappa shape index (κ1) is 15.9. The Bertz CT molecular complexity index is 844. The van der Waals surface area contributed by atoms with Crippen molar-refractivity contribution in [2.24, 2.45) is 0 Å². The van der Waals surface area contributed by atoms with Crippen LogP contribution in [0.1, 0.15) is 26.4 Å². The molecule has 0 atom stereocenters. The Kier molecular flexibility index (Phi) is 4.88. The molecule has 1 amide bonds. The van der Waals surface area contributed by atoms with Crippen molar-refractivity contribution >= 4 is 38.3 Å². The summed E-state index contributed by atoms with van der Waals surface area (Å²) in [5, 5.41) is 3.50. The molecule has 2 aromatic carbocycles. The summed E-state index contributed by atoms with van der Waals surface area (Å²) in [6, 6.07) is 15.7. The molecule has 0 saturated carbocycles. The average Bonchev–Trinajstić information content (AvgIpc) is 2.94. The van der Waals surface area contributed by atoms with Crippen LogP contribution >= 0.6 is 27.3 Å². The molecular weight excluding hydrogens is 372 g/mol. The number of carbonyl (C=O) groups excluding carboxylic acids is 1. The Morgan fingerprint density at radius 2 is 2.04 bits per heavy atom. The summed E-state index contributed by atoms with van der Waals surface area (Å²) in [4.78, 5) is 17.7. The van der Waals surface area contributed by atoms with Gasteiger partial charge < -0.3 is 0 Å². The molecule has 0 fully saturated rings. The molecule has 0 radical (unpaired) electrons. The summed E-state index contributed by atoms with van der Waals surface area (Å²) in [5.41, 5.74) is 2.84. The quantitative estimate of drug-likeness (QED) is 0.680. The van der Waals surface area contributed by atoms with Crippen LogP contribution in [-0.4, -0.2) is 10.9 Å². The summed E-state index contributed by atoms with van der Waals surface area (Å²) in [6.45, 7) is 1.93. The van der Waals surface area contributed by atoms with Crippen LogP contribution in [0.25, 0.3) is 0 Å². The summed E-state index contributed by atoms with van der Waals surface area (Å²) >= 11 is 4.98. The second kappa shape index (κ2) is 7.06. The third-order valence-corrected chi connectivity index (χ3v) is 4.84. The molecule has 0 unspecified atom stereocenters. The summed E-state index contributed by atoms with van der Waals surface area (Å²) in [6.07, 6.45) is 2.62. The normalized spacial score (nSPS) is 10.5. The molecule has 1 heterocycles. The van der Waals surface area contributed by atoms with Crippen LogP contribution < -0.4 is 5.32 Å². The van der Waals surface area contributed by atoms with E-state index in [1.807, 2.05) is 49.5 Å². The molecule has 23 heavy (non-hydrogen) atoms. The van der Waals surface area contributed by atoms with E-state index >= 15 is 0 Å². The monoisotopic (exact) mass is 386 g/mol. The predicted molar refractivity (Wildman–Crippen MR) is 98.2 cm³/mol. The minimum absolute atomic E-state index is 0.119. The molecule has 116 valence electrons. The van der Waals surface area contributed by atoms with Gasteiger partial charge in [-0.1, -0.05) is 46.3 Å². The van der Waals surface area contributed by atoms with Gasteiger partial charge in [0.2, 0.25) is 0 Å². The smallest absolute Gasteiger partial charge is 0.257 e. The lowest BCUT2D eigenvalue weighted by Gasteiger charge is -2.04. The summed E-state index contributed by atoms with van der Waals surface area (Å²) < 4.78 is 1.06. The Morgan fingerprint density at radius 1 is 1.22 bits per heavy atom. The van der Waals surface area contributed by atoms with E-state index in [1.54, 1.807) is 0 Å². The van der Waals surface area contributed by atoms with Gasteiger partial charge in [0.15, 0.2) is 5.13 Å². The molecule has 0 aliphatic carbocycles. The maximum atomic E-state index is 12.3. The number of hydrogen-bond acceptors (Lipinski definition) is 3. The third-order valence-electron chi connectivity index (χ3n) is 3.43. The fourth-order valence-electron chi connectivity index (χ4n) is 2.29. The van der Waals surface area contributed by atoms with Crippen molar-refractivity contribution < 1.29 is 4.79 Å². The lowest BCUT2D eigenvalue weighted by atomic mass is 10.1. The molecule has 3 rings (SSSR count). The third kappa shape index (κ3) is 4.06. The van der Waals surface area contributed by atoms with Gasteiger partial charge in [-0.15, -0.1) is 11.3 Å². The topological polar surface area (TPSA) is 42.0 Å². The van der Waals surface area contributed by atoms with Gasteiger partial charge in [0.05, 0.1) is 0 Å². The zero-order chi connectivity index (χ0) is 16.2. The molecule has 5 heteroatoms. The first-order valence-corrected chi connectivity index (χ1v) is 8.79. The van der Waals surface area contributed by atoms with Crippen LogP contribution in [0, 0.1) is 6.92 Å². The first-order valence-electron chi connectivity index (χ1n) is 7.18. The van der Waals surface area contributed by atoms with Gasteiger partial charge >= 0.3 is 0 Å². The Labute approximate surface area is 147 Å². The molecule has 3 nitrogen and oxygen atoms in total. The number of aromatic nitrogens is 1. The number of halogens is 1. The van der Waals surface area contributed by atoms with Gasteiger partial charge in [-0.3, -0.25) is 10.1 Å².